The van der Waals surface area contributed by atoms with E-state index in [-0.39, 0.29) is 27.7 Å². The van der Waals surface area contributed by atoms with E-state index in [0.29, 0.717) is 4.34 Å². The second-order valence-electron chi connectivity index (χ2n) is 3.87. The lowest BCUT2D eigenvalue weighted by Crippen LogP contribution is -2.11. The van der Waals surface area contributed by atoms with E-state index in [1.807, 2.05) is 0 Å². The Morgan fingerprint density at radius 2 is 1.95 bits per heavy atom. The van der Waals surface area contributed by atoms with Gasteiger partial charge in [0.15, 0.2) is 15.7 Å². The minimum Gasteiger partial charge on any atom is -0.378 e. The number of hydrogen-bond donors (Lipinski definition) is 0. The molecule has 0 saturated carbocycles. The van der Waals surface area contributed by atoms with E-state index in [2.05, 4.69) is 0 Å². The summed E-state index contributed by atoms with van der Waals surface area (Å²) in [6, 6.07) is 9.11. The molecule has 0 N–H and O–H groups in total. The Morgan fingerprint density at radius 1 is 1.25 bits per heavy atom. The van der Waals surface area contributed by atoms with Crippen LogP contribution in [-0.4, -0.2) is 14.2 Å². The van der Waals surface area contributed by atoms with Gasteiger partial charge in [-0.25, -0.2) is 0 Å². The van der Waals surface area contributed by atoms with Gasteiger partial charge in [0.1, 0.15) is 0 Å². The third-order valence-electron chi connectivity index (χ3n) is 2.50. The lowest BCUT2D eigenvalue weighted by molar-refractivity contribution is 0.0986. The molecule has 1 heterocycles. The summed E-state index contributed by atoms with van der Waals surface area (Å²) in [7, 11) is -3.97. The van der Waals surface area contributed by atoms with Crippen molar-refractivity contribution in [1.29, 1.82) is 0 Å². The van der Waals surface area contributed by atoms with Crippen molar-refractivity contribution in [2.24, 2.45) is 0 Å². The van der Waals surface area contributed by atoms with Crippen LogP contribution in [0.1, 0.15) is 23.7 Å². The Kier molecular flexibility index (Phi) is 4.47. The molecule has 0 aliphatic rings. The maximum absolute atomic E-state index is 12.1. The second-order valence-corrected chi connectivity index (χ2v) is 7.36. The van der Waals surface area contributed by atoms with Gasteiger partial charge < -0.3 is 4.18 Å². The molecule has 0 aliphatic heterocycles. The van der Waals surface area contributed by atoms with E-state index in [9.17, 15) is 13.2 Å². The van der Waals surface area contributed by atoms with Crippen molar-refractivity contribution in [2.45, 2.75) is 17.6 Å². The predicted octanol–water partition coefficient (Wildman–Crippen LogP) is 3.76. The van der Waals surface area contributed by atoms with Crippen LogP contribution in [0.25, 0.3) is 0 Å². The van der Waals surface area contributed by atoms with Crippen LogP contribution in [0.5, 0.6) is 5.75 Å². The molecular weight excluding hydrogens is 320 g/mol. The molecule has 0 amide bonds. The van der Waals surface area contributed by atoms with Crippen molar-refractivity contribution in [3.8, 4) is 5.75 Å². The van der Waals surface area contributed by atoms with E-state index < -0.39 is 10.1 Å². The monoisotopic (exact) mass is 330 g/mol. The van der Waals surface area contributed by atoms with Crippen molar-refractivity contribution in [3.63, 3.8) is 0 Å². The van der Waals surface area contributed by atoms with Crippen LogP contribution in [0.3, 0.4) is 0 Å². The van der Waals surface area contributed by atoms with Crippen LogP contribution in [0.2, 0.25) is 4.34 Å². The lowest BCUT2D eigenvalue weighted by Gasteiger charge is -2.09. The first-order chi connectivity index (χ1) is 9.44. The maximum atomic E-state index is 12.1. The normalized spacial score (nSPS) is 11.3. The van der Waals surface area contributed by atoms with Crippen LogP contribution in [0, 0.1) is 0 Å². The largest absolute Gasteiger partial charge is 0.378 e. The summed E-state index contributed by atoms with van der Waals surface area (Å²) in [5.41, 5.74) is 0.251. The summed E-state index contributed by atoms with van der Waals surface area (Å²) in [6.45, 7) is 1.70. The summed E-state index contributed by atoms with van der Waals surface area (Å²) >= 11 is 6.62. The van der Waals surface area contributed by atoms with Crippen LogP contribution >= 0.6 is 22.9 Å². The molecule has 4 nitrogen and oxygen atoms in total. The molecule has 0 atom stereocenters. The topological polar surface area (TPSA) is 60.4 Å². The third kappa shape index (κ3) is 3.20. The highest BCUT2D eigenvalue weighted by atomic mass is 35.5. The van der Waals surface area contributed by atoms with Crippen LogP contribution in [0.4, 0.5) is 0 Å². The molecule has 0 spiro atoms. The molecule has 0 bridgehead atoms. The summed E-state index contributed by atoms with van der Waals surface area (Å²) in [5, 5.41) is 0. The van der Waals surface area contributed by atoms with E-state index in [4.69, 9.17) is 15.8 Å². The molecule has 0 aliphatic carbocycles. The molecule has 0 radical (unpaired) electrons. The van der Waals surface area contributed by atoms with Crippen LogP contribution in [0.15, 0.2) is 40.6 Å². The summed E-state index contributed by atoms with van der Waals surface area (Å²) in [5.74, 6) is -0.149. The smallest absolute Gasteiger partial charge is 0.348 e. The van der Waals surface area contributed by atoms with Gasteiger partial charge in [-0.3, -0.25) is 4.79 Å². The Morgan fingerprint density at radius 3 is 2.55 bits per heavy atom. The quantitative estimate of drug-likeness (QED) is 0.618. The lowest BCUT2D eigenvalue weighted by atomic mass is 10.1. The van der Waals surface area contributed by atoms with Crippen molar-refractivity contribution in [2.75, 3.05) is 0 Å². The number of carbonyl (C=O) groups excluding carboxylic acids is 1. The first-order valence-electron chi connectivity index (χ1n) is 5.76. The Balaban J connectivity index is 2.37. The SMILES string of the molecule is CCC(=O)c1ccccc1OS(=O)(=O)c1ccc(Cl)s1. The van der Waals surface area contributed by atoms with Gasteiger partial charge in [-0.1, -0.05) is 30.7 Å². The summed E-state index contributed by atoms with van der Waals surface area (Å²) < 4.78 is 29.6. The Bertz CT molecular complexity index is 734. The number of para-hydroxylation sites is 1. The third-order valence-corrected chi connectivity index (χ3v) is 5.42. The number of ketones is 1. The van der Waals surface area contributed by atoms with Gasteiger partial charge in [0, 0.05) is 6.42 Å². The zero-order valence-electron chi connectivity index (χ0n) is 10.5. The first kappa shape index (κ1) is 15.0. The second kappa shape index (κ2) is 5.95. The molecule has 0 fully saturated rings. The van der Waals surface area contributed by atoms with E-state index in [0.717, 1.165) is 11.3 Å². The molecule has 20 heavy (non-hydrogen) atoms. The van der Waals surface area contributed by atoms with Gasteiger partial charge in [0.05, 0.1) is 9.90 Å². The van der Waals surface area contributed by atoms with Crippen molar-refractivity contribution in [3.05, 3.63) is 46.3 Å². The Hall–Kier alpha value is -1.37. The highest BCUT2D eigenvalue weighted by Crippen LogP contribution is 2.29. The van der Waals surface area contributed by atoms with Crippen LogP contribution < -0.4 is 4.18 Å². The van der Waals surface area contributed by atoms with E-state index in [1.165, 1.54) is 24.3 Å². The van der Waals surface area contributed by atoms with Crippen LogP contribution in [-0.2, 0) is 10.1 Å². The average Bonchev–Trinajstić information content (AvgIpc) is 2.86. The van der Waals surface area contributed by atoms with Crippen molar-refractivity contribution >= 4 is 38.8 Å². The fourth-order valence-corrected chi connectivity index (χ4v) is 3.94. The van der Waals surface area contributed by atoms with Crippen molar-refractivity contribution < 1.29 is 17.4 Å². The minimum atomic E-state index is -3.97. The molecule has 2 rings (SSSR count). The van der Waals surface area contributed by atoms with Gasteiger partial charge in [-0.15, -0.1) is 11.3 Å². The highest BCUT2D eigenvalue weighted by molar-refractivity contribution is 7.89. The number of benzene rings is 1. The molecule has 0 unspecified atom stereocenters. The Labute approximate surface area is 126 Å². The van der Waals surface area contributed by atoms with Gasteiger partial charge >= 0.3 is 10.1 Å². The standard InChI is InChI=1S/C13H11ClO4S2/c1-2-10(15)9-5-3-4-6-11(9)18-20(16,17)13-8-7-12(14)19-13/h3-8H,2H2,1H3. The zero-order valence-corrected chi connectivity index (χ0v) is 12.9. The fourth-order valence-electron chi connectivity index (χ4n) is 1.55. The van der Waals surface area contributed by atoms with E-state index in [1.54, 1.807) is 19.1 Å². The predicted molar refractivity (Wildman–Crippen MR) is 78.2 cm³/mol. The summed E-state index contributed by atoms with van der Waals surface area (Å²) in [4.78, 5) is 11.8. The zero-order chi connectivity index (χ0) is 14.8. The fraction of sp³-hybridized carbons (Fsp3) is 0.154. The number of carbonyl (C=O) groups is 1. The number of halogens is 1. The van der Waals surface area contributed by atoms with Gasteiger partial charge in [-0.05, 0) is 24.3 Å². The molecule has 0 saturated heterocycles. The molecule has 2 aromatic rings. The molecule has 1 aromatic heterocycles. The van der Waals surface area contributed by atoms with Gasteiger partial charge in [-0.2, -0.15) is 8.42 Å². The maximum Gasteiger partial charge on any atom is 0.348 e. The molecule has 7 heteroatoms. The van der Waals surface area contributed by atoms with Gasteiger partial charge in [0.25, 0.3) is 0 Å². The van der Waals surface area contributed by atoms with Crippen molar-refractivity contribution in [1.82, 2.24) is 0 Å². The first-order valence-corrected chi connectivity index (χ1v) is 8.36. The molecule has 1 aromatic carbocycles. The number of thiophene rings is 1. The number of rotatable bonds is 5. The summed E-state index contributed by atoms with van der Waals surface area (Å²) in [6.07, 6.45) is 0.269. The molecule has 106 valence electrons. The molecular formula is C13H11ClO4S2. The number of Topliss-reactive ketones (excluding diaryl/α,β-unsaturated/α-hetero) is 1. The average molecular weight is 331 g/mol. The number of hydrogen-bond acceptors (Lipinski definition) is 5. The highest BCUT2D eigenvalue weighted by Gasteiger charge is 2.22. The minimum absolute atomic E-state index is 0.00116. The van der Waals surface area contributed by atoms with Gasteiger partial charge in [0.2, 0.25) is 0 Å². The van der Waals surface area contributed by atoms with E-state index >= 15 is 0 Å².